The van der Waals surface area contributed by atoms with Crippen molar-refractivity contribution >= 4 is 16.3 Å². The van der Waals surface area contributed by atoms with Gasteiger partial charge in [-0.3, -0.25) is 4.40 Å². The van der Waals surface area contributed by atoms with Crippen molar-refractivity contribution in [3.8, 4) is 0 Å². The molecule has 1 N–H and O–H groups in total. The van der Waals surface area contributed by atoms with Gasteiger partial charge in [0.2, 0.25) is 0 Å². The molecule has 6 heteroatoms. The summed E-state index contributed by atoms with van der Waals surface area (Å²) in [6.45, 7) is 0. The van der Waals surface area contributed by atoms with Gasteiger partial charge in [0, 0.05) is 24.2 Å². The second kappa shape index (κ2) is 4.71. The van der Waals surface area contributed by atoms with E-state index in [4.69, 9.17) is 0 Å². The van der Waals surface area contributed by atoms with Crippen LogP contribution in [0.25, 0.3) is 4.96 Å². The van der Waals surface area contributed by atoms with Gasteiger partial charge < -0.3 is 5.11 Å². The van der Waals surface area contributed by atoms with Gasteiger partial charge in [0.25, 0.3) is 0 Å². The molecule has 3 rings (SSSR count). The number of rotatable bonds is 3. The molecule has 1 atom stereocenters. The van der Waals surface area contributed by atoms with Crippen LogP contribution in [-0.2, 0) is 6.42 Å². The Kier molecular flexibility index (Phi) is 3.04. The van der Waals surface area contributed by atoms with Crippen LogP contribution in [0.4, 0.5) is 8.78 Å². The summed E-state index contributed by atoms with van der Waals surface area (Å²) in [5, 5.41) is 11.9. The van der Waals surface area contributed by atoms with E-state index < -0.39 is 17.7 Å². The first kappa shape index (κ1) is 12.3. The van der Waals surface area contributed by atoms with Crippen molar-refractivity contribution < 1.29 is 13.9 Å². The lowest BCUT2D eigenvalue weighted by atomic mass is 10.1. The highest BCUT2D eigenvalue weighted by Crippen LogP contribution is 2.21. The molecule has 98 valence electrons. The number of aliphatic hydroxyl groups excluding tert-OH is 1. The number of thiazole rings is 1. The first-order chi connectivity index (χ1) is 9.13. The van der Waals surface area contributed by atoms with E-state index in [1.165, 1.54) is 17.4 Å². The van der Waals surface area contributed by atoms with E-state index in [-0.39, 0.29) is 6.42 Å². The van der Waals surface area contributed by atoms with Gasteiger partial charge in [0.15, 0.2) is 16.6 Å². The van der Waals surface area contributed by atoms with Gasteiger partial charge in [-0.2, -0.15) is 0 Å². The molecule has 0 radical (unpaired) electrons. The number of aliphatic hydroxyl groups is 1. The smallest absolute Gasteiger partial charge is 0.193 e. The van der Waals surface area contributed by atoms with Crippen molar-refractivity contribution in [2.75, 3.05) is 0 Å². The van der Waals surface area contributed by atoms with Gasteiger partial charge in [-0.1, -0.05) is 6.07 Å². The van der Waals surface area contributed by atoms with Crippen molar-refractivity contribution in [2.24, 2.45) is 0 Å². The van der Waals surface area contributed by atoms with Crippen molar-refractivity contribution in [1.82, 2.24) is 9.38 Å². The summed E-state index contributed by atoms with van der Waals surface area (Å²) in [7, 11) is 0. The topological polar surface area (TPSA) is 37.5 Å². The zero-order chi connectivity index (χ0) is 13.4. The van der Waals surface area contributed by atoms with Crippen molar-refractivity contribution in [1.29, 1.82) is 0 Å². The Balaban J connectivity index is 1.82. The molecule has 1 aromatic carbocycles. The lowest BCUT2D eigenvalue weighted by Crippen LogP contribution is -2.03. The minimum atomic E-state index is -0.956. The Morgan fingerprint density at radius 1 is 1.32 bits per heavy atom. The highest BCUT2D eigenvalue weighted by molar-refractivity contribution is 7.15. The number of benzene rings is 1. The van der Waals surface area contributed by atoms with Crippen molar-refractivity contribution in [3.05, 3.63) is 58.9 Å². The van der Waals surface area contributed by atoms with Gasteiger partial charge >= 0.3 is 0 Å². The van der Waals surface area contributed by atoms with Crippen molar-refractivity contribution in [2.45, 2.75) is 12.5 Å². The van der Waals surface area contributed by atoms with Crippen LogP contribution in [0.1, 0.15) is 17.4 Å². The van der Waals surface area contributed by atoms with Crippen LogP contribution in [0.15, 0.2) is 36.0 Å². The Morgan fingerprint density at radius 3 is 2.89 bits per heavy atom. The predicted molar refractivity (Wildman–Crippen MR) is 68.1 cm³/mol. The lowest BCUT2D eigenvalue weighted by Gasteiger charge is -2.09. The molecule has 1 unspecified atom stereocenters. The number of fused-ring (bicyclic) bond motifs is 1. The first-order valence-corrected chi connectivity index (χ1v) is 6.55. The summed E-state index contributed by atoms with van der Waals surface area (Å²) in [6.07, 6.45) is 3.05. The normalized spacial score (nSPS) is 13.0. The molecule has 0 spiro atoms. The van der Waals surface area contributed by atoms with E-state index in [0.29, 0.717) is 11.3 Å². The Bertz CT molecular complexity index is 694. The maximum atomic E-state index is 13.1. The SMILES string of the molecule is OC(Cc1cn2ccsc2n1)c1ccc(F)c(F)c1. The quantitative estimate of drug-likeness (QED) is 0.801. The monoisotopic (exact) mass is 280 g/mol. The molecule has 0 fully saturated rings. The number of imidazole rings is 1. The van der Waals surface area contributed by atoms with E-state index >= 15 is 0 Å². The average molecular weight is 280 g/mol. The number of halogens is 2. The molecule has 0 saturated heterocycles. The standard InChI is InChI=1S/C13H10F2N2OS/c14-10-2-1-8(5-11(10)15)12(18)6-9-7-17-3-4-19-13(17)16-9/h1-5,7,12,18H,6H2. The highest BCUT2D eigenvalue weighted by Gasteiger charge is 2.13. The Labute approximate surface area is 111 Å². The van der Waals surface area contributed by atoms with Crippen LogP contribution in [0, 0.1) is 11.6 Å². The van der Waals surface area contributed by atoms with E-state index in [9.17, 15) is 13.9 Å². The molecule has 2 heterocycles. The van der Waals surface area contributed by atoms with Crippen LogP contribution in [0.2, 0.25) is 0 Å². The molecule has 0 aliphatic carbocycles. The molecule has 3 aromatic rings. The molecule has 2 aromatic heterocycles. The highest BCUT2D eigenvalue weighted by atomic mass is 32.1. The summed E-state index contributed by atoms with van der Waals surface area (Å²) < 4.78 is 27.8. The van der Waals surface area contributed by atoms with Crippen LogP contribution in [-0.4, -0.2) is 14.5 Å². The second-order valence-electron chi connectivity index (χ2n) is 4.22. The van der Waals surface area contributed by atoms with Gasteiger partial charge in [0.05, 0.1) is 11.8 Å². The number of hydrogen-bond donors (Lipinski definition) is 1. The largest absolute Gasteiger partial charge is 0.388 e. The van der Waals surface area contributed by atoms with Gasteiger partial charge in [-0.15, -0.1) is 11.3 Å². The fraction of sp³-hybridized carbons (Fsp3) is 0.154. The summed E-state index contributed by atoms with van der Waals surface area (Å²) in [4.78, 5) is 5.17. The summed E-state index contributed by atoms with van der Waals surface area (Å²) in [5.41, 5.74) is 1.05. The molecular weight excluding hydrogens is 270 g/mol. The third-order valence-corrected chi connectivity index (χ3v) is 3.64. The van der Waals surface area contributed by atoms with E-state index in [1.807, 2.05) is 22.2 Å². The third-order valence-electron chi connectivity index (χ3n) is 2.87. The predicted octanol–water partition coefficient (Wildman–Crippen LogP) is 2.95. The van der Waals surface area contributed by atoms with Gasteiger partial charge in [-0.25, -0.2) is 13.8 Å². The molecular formula is C13H10F2N2OS. The van der Waals surface area contributed by atoms with Gasteiger partial charge in [-0.05, 0) is 17.7 Å². The second-order valence-corrected chi connectivity index (χ2v) is 5.09. The molecule has 0 amide bonds. The fourth-order valence-electron chi connectivity index (χ4n) is 1.91. The zero-order valence-corrected chi connectivity index (χ0v) is 10.6. The van der Waals surface area contributed by atoms with Crippen LogP contribution in [0.3, 0.4) is 0 Å². The van der Waals surface area contributed by atoms with Gasteiger partial charge in [0.1, 0.15) is 0 Å². The fourth-order valence-corrected chi connectivity index (χ4v) is 2.63. The molecule has 0 aliphatic rings. The summed E-state index contributed by atoms with van der Waals surface area (Å²) >= 11 is 1.50. The Morgan fingerprint density at radius 2 is 2.16 bits per heavy atom. The first-order valence-electron chi connectivity index (χ1n) is 5.67. The summed E-state index contributed by atoms with van der Waals surface area (Å²) in [6, 6.07) is 3.40. The van der Waals surface area contributed by atoms with Crippen LogP contribution in [0.5, 0.6) is 0 Å². The van der Waals surface area contributed by atoms with E-state index in [0.717, 1.165) is 17.1 Å². The molecule has 3 nitrogen and oxygen atoms in total. The van der Waals surface area contributed by atoms with Crippen LogP contribution >= 0.6 is 11.3 Å². The number of hydrogen-bond acceptors (Lipinski definition) is 3. The third kappa shape index (κ3) is 2.36. The lowest BCUT2D eigenvalue weighted by molar-refractivity contribution is 0.176. The minimum absolute atomic E-state index is 0.263. The molecule has 0 saturated carbocycles. The minimum Gasteiger partial charge on any atom is -0.388 e. The van der Waals surface area contributed by atoms with E-state index in [1.54, 1.807) is 0 Å². The van der Waals surface area contributed by atoms with Crippen LogP contribution < -0.4 is 0 Å². The van der Waals surface area contributed by atoms with Crippen molar-refractivity contribution in [3.63, 3.8) is 0 Å². The zero-order valence-electron chi connectivity index (χ0n) is 9.75. The number of aromatic nitrogens is 2. The molecule has 19 heavy (non-hydrogen) atoms. The molecule has 0 aliphatic heterocycles. The summed E-state index contributed by atoms with van der Waals surface area (Å²) in [5.74, 6) is -1.87. The number of nitrogens with zero attached hydrogens (tertiary/aromatic N) is 2. The molecule has 0 bridgehead atoms. The maximum absolute atomic E-state index is 13.1. The van der Waals surface area contributed by atoms with E-state index in [2.05, 4.69) is 4.98 Å². The average Bonchev–Trinajstić information content (AvgIpc) is 2.93. The maximum Gasteiger partial charge on any atom is 0.193 e. The Hall–Kier alpha value is -1.79.